The number of allylic oxidation sites excluding steroid dienone is 2. The number of esters is 4. The third-order valence-electron chi connectivity index (χ3n) is 6.18. The zero-order valence-electron chi connectivity index (χ0n) is 22.1. The van der Waals surface area contributed by atoms with Crippen molar-refractivity contribution in [2.45, 2.75) is 103 Å². The van der Waals surface area contributed by atoms with Crippen LogP contribution in [0.2, 0.25) is 0 Å². The average molecular weight is 511 g/mol. The van der Waals surface area contributed by atoms with Gasteiger partial charge < -0.3 is 24.1 Å². The lowest BCUT2D eigenvalue weighted by Gasteiger charge is -2.23. The topological polar surface area (TPSA) is 125 Å². The molecule has 0 aliphatic heterocycles. The molecule has 9 heteroatoms. The minimum atomic E-state index is -0.769. The summed E-state index contributed by atoms with van der Waals surface area (Å²) in [6.45, 7) is 5.97. The summed E-state index contributed by atoms with van der Waals surface area (Å²) in [7, 11) is 1.36. The van der Waals surface area contributed by atoms with E-state index in [0.29, 0.717) is 51.4 Å². The number of methoxy groups -OCH3 is 1. The molecule has 1 rings (SSSR count). The van der Waals surface area contributed by atoms with Gasteiger partial charge in [-0.05, 0) is 38.5 Å². The van der Waals surface area contributed by atoms with Crippen molar-refractivity contribution in [3.05, 3.63) is 24.3 Å². The minimum absolute atomic E-state index is 0.150. The number of carbonyl (C=O) groups excluding carboxylic acids is 4. The van der Waals surface area contributed by atoms with Crippen molar-refractivity contribution in [1.82, 2.24) is 0 Å². The van der Waals surface area contributed by atoms with Gasteiger partial charge in [-0.2, -0.15) is 0 Å². The van der Waals surface area contributed by atoms with Crippen LogP contribution in [0.15, 0.2) is 24.3 Å². The van der Waals surface area contributed by atoms with Gasteiger partial charge in [0.15, 0.2) is 0 Å². The molecule has 0 saturated heterocycles. The zero-order chi connectivity index (χ0) is 27.1. The molecule has 0 bridgehead atoms. The molecule has 0 amide bonds. The molecule has 0 spiro atoms. The van der Waals surface area contributed by atoms with Crippen LogP contribution in [0.3, 0.4) is 0 Å². The van der Waals surface area contributed by atoms with Gasteiger partial charge in [-0.1, -0.05) is 31.2 Å². The predicted octanol–water partition coefficient (Wildman–Crippen LogP) is 3.81. The van der Waals surface area contributed by atoms with Crippen LogP contribution >= 0.6 is 0 Å². The number of rotatable bonds is 15. The molecule has 0 aromatic heterocycles. The van der Waals surface area contributed by atoms with Crippen LogP contribution in [0.4, 0.5) is 0 Å². The SMILES string of the molecule is CCC(CC[C@H](O)/C=C/[C@@H]1[C@@H](C/C=C\CCCC(=O)OC)[C@@H](OC(C)=O)C[C@H]1OC(C)=O)OC(C)=O. The summed E-state index contributed by atoms with van der Waals surface area (Å²) in [5.74, 6) is -1.84. The molecule has 0 aromatic carbocycles. The van der Waals surface area contributed by atoms with E-state index in [4.69, 9.17) is 14.2 Å². The molecule has 0 aromatic rings. The van der Waals surface area contributed by atoms with Gasteiger partial charge in [0.05, 0.1) is 13.2 Å². The Morgan fingerprint density at radius 1 is 0.972 bits per heavy atom. The van der Waals surface area contributed by atoms with E-state index in [1.54, 1.807) is 6.08 Å². The van der Waals surface area contributed by atoms with E-state index >= 15 is 0 Å². The maximum absolute atomic E-state index is 11.7. The first-order valence-electron chi connectivity index (χ1n) is 12.7. The molecule has 204 valence electrons. The second kappa shape index (κ2) is 16.9. The Hall–Kier alpha value is -2.68. The van der Waals surface area contributed by atoms with Crippen LogP contribution in [0.1, 0.15) is 79.1 Å². The van der Waals surface area contributed by atoms with E-state index in [-0.39, 0.29) is 29.9 Å². The molecular weight excluding hydrogens is 468 g/mol. The van der Waals surface area contributed by atoms with Crippen molar-refractivity contribution in [1.29, 1.82) is 0 Å². The average Bonchev–Trinajstić information content (AvgIpc) is 3.10. The van der Waals surface area contributed by atoms with Crippen LogP contribution in [0, 0.1) is 11.8 Å². The van der Waals surface area contributed by atoms with Crippen LogP contribution in [-0.2, 0) is 38.1 Å². The Bertz CT molecular complexity index is 773. The van der Waals surface area contributed by atoms with Crippen molar-refractivity contribution in [3.63, 3.8) is 0 Å². The molecule has 36 heavy (non-hydrogen) atoms. The largest absolute Gasteiger partial charge is 0.469 e. The van der Waals surface area contributed by atoms with Crippen LogP contribution < -0.4 is 0 Å². The van der Waals surface area contributed by atoms with Gasteiger partial charge in [-0.3, -0.25) is 19.2 Å². The molecule has 6 atom stereocenters. The first kappa shape index (κ1) is 31.4. The van der Waals surface area contributed by atoms with Crippen molar-refractivity contribution in [3.8, 4) is 0 Å². The van der Waals surface area contributed by atoms with E-state index in [1.807, 2.05) is 25.2 Å². The molecule has 1 saturated carbocycles. The van der Waals surface area contributed by atoms with Crippen molar-refractivity contribution < 1.29 is 43.2 Å². The fourth-order valence-electron chi connectivity index (χ4n) is 4.48. The lowest BCUT2D eigenvalue weighted by molar-refractivity contribution is -0.150. The van der Waals surface area contributed by atoms with Gasteiger partial charge in [-0.25, -0.2) is 0 Å². The predicted molar refractivity (Wildman–Crippen MR) is 133 cm³/mol. The molecule has 1 aliphatic rings. The summed E-state index contributed by atoms with van der Waals surface area (Å²) in [6, 6.07) is 0. The molecule has 9 nitrogen and oxygen atoms in total. The normalized spacial score (nSPS) is 23.4. The van der Waals surface area contributed by atoms with E-state index in [2.05, 4.69) is 4.74 Å². The Labute approximate surface area is 214 Å². The summed E-state index contributed by atoms with van der Waals surface area (Å²) in [5, 5.41) is 10.5. The molecule has 1 unspecified atom stereocenters. The van der Waals surface area contributed by atoms with E-state index < -0.39 is 30.3 Å². The second-order valence-corrected chi connectivity index (χ2v) is 9.12. The standard InChI is InChI=1S/C27H42O9/c1-6-22(34-18(2)28)15-13-21(31)14-16-24-23(11-9-7-8-10-12-27(32)33-5)25(35-19(3)29)17-26(24)36-20(4)30/h7,9,14,16,21-26,31H,6,8,10-13,15,17H2,1-5H3/b9-7-,16-14+/t21-,22?,23+,24+,25-,26+/m0/s1. The van der Waals surface area contributed by atoms with E-state index in [0.717, 1.165) is 0 Å². The third kappa shape index (κ3) is 12.3. The first-order chi connectivity index (χ1) is 17.1. The quantitative estimate of drug-likeness (QED) is 0.151. The minimum Gasteiger partial charge on any atom is -0.469 e. The maximum atomic E-state index is 11.7. The van der Waals surface area contributed by atoms with Gasteiger partial charge in [0.25, 0.3) is 0 Å². The molecule has 1 aliphatic carbocycles. The van der Waals surface area contributed by atoms with Crippen LogP contribution in [0.5, 0.6) is 0 Å². The lowest BCUT2D eigenvalue weighted by atomic mass is 9.89. The second-order valence-electron chi connectivity index (χ2n) is 9.12. The highest BCUT2D eigenvalue weighted by Gasteiger charge is 2.45. The summed E-state index contributed by atoms with van der Waals surface area (Å²) in [6.07, 6.45) is 9.76. The maximum Gasteiger partial charge on any atom is 0.305 e. The smallest absolute Gasteiger partial charge is 0.305 e. The van der Waals surface area contributed by atoms with Crippen LogP contribution in [-0.4, -0.2) is 60.5 Å². The molecule has 1 N–H and O–H groups in total. The molecule has 0 heterocycles. The fourth-order valence-corrected chi connectivity index (χ4v) is 4.48. The number of unbranched alkanes of at least 4 members (excludes halogenated alkanes) is 1. The van der Waals surface area contributed by atoms with Crippen molar-refractivity contribution >= 4 is 23.9 Å². The fraction of sp³-hybridized carbons (Fsp3) is 0.704. The highest BCUT2D eigenvalue weighted by atomic mass is 16.6. The van der Waals surface area contributed by atoms with Gasteiger partial charge in [0, 0.05) is 45.4 Å². The van der Waals surface area contributed by atoms with Crippen molar-refractivity contribution in [2.75, 3.05) is 7.11 Å². The summed E-state index contributed by atoms with van der Waals surface area (Å²) in [5.41, 5.74) is 0. The van der Waals surface area contributed by atoms with Crippen molar-refractivity contribution in [2.24, 2.45) is 11.8 Å². The summed E-state index contributed by atoms with van der Waals surface area (Å²) in [4.78, 5) is 45.9. The number of aliphatic hydroxyl groups excluding tert-OH is 1. The first-order valence-corrected chi connectivity index (χ1v) is 12.7. The third-order valence-corrected chi connectivity index (χ3v) is 6.18. The lowest BCUT2D eigenvalue weighted by Crippen LogP contribution is -2.25. The van der Waals surface area contributed by atoms with Gasteiger partial charge in [-0.15, -0.1) is 0 Å². The molecular formula is C27H42O9. The monoisotopic (exact) mass is 510 g/mol. The Kier molecular flexibility index (Phi) is 14.7. The molecule has 0 radical (unpaired) electrons. The zero-order valence-corrected chi connectivity index (χ0v) is 22.1. The summed E-state index contributed by atoms with van der Waals surface area (Å²) >= 11 is 0. The number of ether oxygens (including phenoxy) is 4. The number of aliphatic hydroxyl groups is 1. The number of carbonyl (C=O) groups is 4. The molecule has 1 fully saturated rings. The summed E-state index contributed by atoms with van der Waals surface area (Å²) < 4.78 is 21.0. The number of hydrogen-bond donors (Lipinski definition) is 1. The highest BCUT2D eigenvalue weighted by Crippen LogP contribution is 2.40. The van der Waals surface area contributed by atoms with Gasteiger partial charge in [0.2, 0.25) is 0 Å². The Morgan fingerprint density at radius 2 is 1.64 bits per heavy atom. The van der Waals surface area contributed by atoms with Gasteiger partial charge in [0.1, 0.15) is 18.3 Å². The Balaban J connectivity index is 2.91. The van der Waals surface area contributed by atoms with E-state index in [1.165, 1.54) is 27.9 Å². The van der Waals surface area contributed by atoms with Gasteiger partial charge >= 0.3 is 23.9 Å². The number of hydrogen-bond acceptors (Lipinski definition) is 9. The Morgan fingerprint density at radius 3 is 2.22 bits per heavy atom. The van der Waals surface area contributed by atoms with Crippen LogP contribution in [0.25, 0.3) is 0 Å². The highest BCUT2D eigenvalue weighted by molar-refractivity contribution is 5.69. The van der Waals surface area contributed by atoms with E-state index in [9.17, 15) is 24.3 Å².